The van der Waals surface area contributed by atoms with E-state index in [1.165, 1.54) is 0 Å². The van der Waals surface area contributed by atoms with Crippen LogP contribution in [0.25, 0.3) is 10.9 Å². The molecular formula is C14H19N3O2. The number of aryl methyl sites for hydroxylation is 1. The van der Waals surface area contributed by atoms with Gasteiger partial charge in [-0.3, -0.25) is 9.48 Å². The van der Waals surface area contributed by atoms with E-state index < -0.39 is 5.97 Å². The fourth-order valence-electron chi connectivity index (χ4n) is 2.14. The van der Waals surface area contributed by atoms with Gasteiger partial charge in [-0.15, -0.1) is 0 Å². The number of para-hydroxylation sites is 1. The van der Waals surface area contributed by atoms with Crippen LogP contribution in [-0.4, -0.2) is 27.4 Å². The third kappa shape index (κ3) is 3.32. The molecule has 0 unspecified atom stereocenters. The lowest BCUT2D eigenvalue weighted by Crippen LogP contribution is -2.16. The number of carbonyl (C=O) groups is 1. The van der Waals surface area contributed by atoms with E-state index in [0.717, 1.165) is 23.1 Å². The third-order valence-electron chi connectivity index (χ3n) is 3.07. The number of hydrogen-bond acceptors (Lipinski definition) is 3. The molecule has 102 valence electrons. The van der Waals surface area contributed by atoms with Crippen LogP contribution in [-0.2, 0) is 17.9 Å². The average molecular weight is 261 g/mol. The maximum Gasteiger partial charge on any atom is 0.303 e. The highest BCUT2D eigenvalue weighted by Gasteiger charge is 2.08. The zero-order valence-electron chi connectivity index (χ0n) is 11.1. The lowest BCUT2D eigenvalue weighted by Gasteiger charge is -2.01. The van der Waals surface area contributed by atoms with Crippen LogP contribution in [0.2, 0.25) is 0 Å². The van der Waals surface area contributed by atoms with Gasteiger partial charge in [0.15, 0.2) is 0 Å². The number of aliphatic carboxylic acids is 1. The second kappa shape index (κ2) is 6.33. The maximum absolute atomic E-state index is 10.4. The summed E-state index contributed by atoms with van der Waals surface area (Å²) in [4.78, 5) is 10.4. The van der Waals surface area contributed by atoms with E-state index >= 15 is 0 Å². The van der Waals surface area contributed by atoms with Crippen molar-refractivity contribution in [1.29, 1.82) is 0 Å². The summed E-state index contributed by atoms with van der Waals surface area (Å²) in [7, 11) is 0. The van der Waals surface area contributed by atoms with E-state index in [1.807, 2.05) is 16.8 Å². The van der Waals surface area contributed by atoms with Crippen LogP contribution in [0.3, 0.4) is 0 Å². The molecule has 2 rings (SSSR count). The predicted octanol–water partition coefficient (Wildman–Crippen LogP) is 2.01. The van der Waals surface area contributed by atoms with E-state index in [-0.39, 0.29) is 6.42 Å². The summed E-state index contributed by atoms with van der Waals surface area (Å²) in [5, 5.41) is 17.6. The molecule has 0 spiro atoms. The second-order valence-corrected chi connectivity index (χ2v) is 4.45. The van der Waals surface area contributed by atoms with Gasteiger partial charge in [0.1, 0.15) is 0 Å². The molecule has 5 heteroatoms. The highest BCUT2D eigenvalue weighted by atomic mass is 16.4. The largest absolute Gasteiger partial charge is 0.481 e. The summed E-state index contributed by atoms with van der Waals surface area (Å²) < 4.78 is 1.99. The molecule has 5 nitrogen and oxygen atoms in total. The normalized spacial score (nSPS) is 11.0. The van der Waals surface area contributed by atoms with Gasteiger partial charge < -0.3 is 10.4 Å². The number of aromatic nitrogens is 2. The summed E-state index contributed by atoms with van der Waals surface area (Å²) in [6, 6.07) is 8.17. The fourth-order valence-corrected chi connectivity index (χ4v) is 2.14. The van der Waals surface area contributed by atoms with Gasteiger partial charge in [0, 0.05) is 24.9 Å². The first-order chi connectivity index (χ1) is 9.22. The smallest absolute Gasteiger partial charge is 0.303 e. The number of rotatable bonds is 7. The molecule has 1 aromatic carbocycles. The number of nitrogens with one attached hydrogen (secondary N) is 1. The fraction of sp³-hybridized carbons (Fsp3) is 0.429. The van der Waals surface area contributed by atoms with E-state index in [2.05, 4.69) is 29.5 Å². The van der Waals surface area contributed by atoms with Crippen molar-refractivity contribution in [1.82, 2.24) is 15.1 Å². The summed E-state index contributed by atoms with van der Waals surface area (Å²) in [6.45, 7) is 4.29. The van der Waals surface area contributed by atoms with E-state index in [9.17, 15) is 4.79 Å². The summed E-state index contributed by atoms with van der Waals surface area (Å²) in [6.07, 6.45) is 0.846. The minimum Gasteiger partial charge on any atom is -0.481 e. The molecule has 0 radical (unpaired) electrons. The second-order valence-electron chi connectivity index (χ2n) is 4.45. The minimum absolute atomic E-state index is 0.206. The van der Waals surface area contributed by atoms with Crippen LogP contribution in [0, 0.1) is 0 Å². The average Bonchev–Trinajstić information content (AvgIpc) is 2.76. The van der Waals surface area contributed by atoms with Gasteiger partial charge >= 0.3 is 5.97 Å². The number of fused-ring (bicyclic) bond motifs is 1. The van der Waals surface area contributed by atoms with Crippen molar-refractivity contribution in [2.75, 3.05) is 6.54 Å². The molecule has 0 aliphatic heterocycles. The van der Waals surface area contributed by atoms with Gasteiger partial charge in [-0.05, 0) is 26.0 Å². The van der Waals surface area contributed by atoms with Gasteiger partial charge in [0.05, 0.1) is 11.2 Å². The van der Waals surface area contributed by atoms with Crippen molar-refractivity contribution in [2.24, 2.45) is 0 Å². The van der Waals surface area contributed by atoms with E-state index in [1.54, 1.807) is 0 Å². The van der Waals surface area contributed by atoms with Crippen LogP contribution >= 0.6 is 0 Å². The van der Waals surface area contributed by atoms with Gasteiger partial charge in [0.2, 0.25) is 0 Å². The van der Waals surface area contributed by atoms with Gasteiger partial charge in [-0.2, -0.15) is 5.10 Å². The third-order valence-corrected chi connectivity index (χ3v) is 3.07. The Morgan fingerprint density at radius 3 is 2.95 bits per heavy atom. The summed E-state index contributed by atoms with van der Waals surface area (Å²) in [5.41, 5.74) is 2.17. The van der Waals surface area contributed by atoms with Crippen molar-refractivity contribution in [2.45, 2.75) is 32.9 Å². The zero-order chi connectivity index (χ0) is 13.7. The molecule has 0 atom stereocenters. The molecule has 0 fully saturated rings. The molecule has 0 aliphatic carbocycles. The van der Waals surface area contributed by atoms with Crippen LogP contribution in [0.5, 0.6) is 0 Å². The number of carboxylic acid groups (broad SMARTS) is 1. The van der Waals surface area contributed by atoms with Gasteiger partial charge in [0.25, 0.3) is 0 Å². The molecule has 2 aromatic rings. The molecule has 2 N–H and O–H groups in total. The Balaban J connectivity index is 1.99. The lowest BCUT2D eigenvalue weighted by atomic mass is 10.2. The Hall–Kier alpha value is -1.88. The Kier molecular flexibility index (Phi) is 4.52. The van der Waals surface area contributed by atoms with Crippen molar-refractivity contribution in [3.05, 3.63) is 30.0 Å². The van der Waals surface area contributed by atoms with Crippen LogP contribution in [0.4, 0.5) is 0 Å². The maximum atomic E-state index is 10.4. The standard InChI is InChI=1S/C14H19N3O2/c1-2-17-13-7-4-3-6-11(13)12(16-17)10-15-9-5-8-14(18)19/h3-4,6-7,15H,2,5,8-10H2,1H3,(H,18,19). The summed E-state index contributed by atoms with van der Waals surface area (Å²) in [5.74, 6) is -0.748. The molecule has 0 saturated carbocycles. The molecule has 0 aliphatic rings. The van der Waals surface area contributed by atoms with Crippen LogP contribution in [0.1, 0.15) is 25.5 Å². The zero-order valence-corrected chi connectivity index (χ0v) is 11.1. The minimum atomic E-state index is -0.748. The van der Waals surface area contributed by atoms with E-state index in [4.69, 9.17) is 5.11 Å². The highest BCUT2D eigenvalue weighted by molar-refractivity contribution is 5.81. The van der Waals surface area contributed by atoms with Crippen molar-refractivity contribution < 1.29 is 9.90 Å². The molecule has 0 saturated heterocycles. The number of hydrogen-bond donors (Lipinski definition) is 2. The van der Waals surface area contributed by atoms with Crippen molar-refractivity contribution in [3.8, 4) is 0 Å². The Labute approximate surface area is 112 Å². The first kappa shape index (κ1) is 13.5. The van der Waals surface area contributed by atoms with Crippen molar-refractivity contribution >= 4 is 16.9 Å². The molecular weight excluding hydrogens is 242 g/mol. The van der Waals surface area contributed by atoms with Gasteiger partial charge in [-0.25, -0.2) is 0 Å². The Morgan fingerprint density at radius 1 is 1.42 bits per heavy atom. The molecule has 19 heavy (non-hydrogen) atoms. The lowest BCUT2D eigenvalue weighted by molar-refractivity contribution is -0.137. The number of carboxylic acids is 1. The monoisotopic (exact) mass is 261 g/mol. The van der Waals surface area contributed by atoms with Crippen LogP contribution < -0.4 is 5.32 Å². The topological polar surface area (TPSA) is 67.2 Å². The quantitative estimate of drug-likeness (QED) is 0.748. The van der Waals surface area contributed by atoms with Gasteiger partial charge in [-0.1, -0.05) is 18.2 Å². The van der Waals surface area contributed by atoms with Crippen LogP contribution in [0.15, 0.2) is 24.3 Å². The first-order valence-electron chi connectivity index (χ1n) is 6.59. The van der Waals surface area contributed by atoms with Crippen molar-refractivity contribution in [3.63, 3.8) is 0 Å². The highest BCUT2D eigenvalue weighted by Crippen LogP contribution is 2.18. The molecule has 1 aromatic heterocycles. The SMILES string of the molecule is CCn1nc(CNCCCC(=O)O)c2ccccc21. The first-order valence-corrected chi connectivity index (χ1v) is 6.59. The summed E-state index contributed by atoms with van der Waals surface area (Å²) >= 11 is 0. The predicted molar refractivity (Wildman–Crippen MR) is 74.0 cm³/mol. The molecule has 1 heterocycles. The molecule has 0 amide bonds. The Bertz CT molecular complexity index is 563. The number of benzene rings is 1. The Morgan fingerprint density at radius 2 is 2.21 bits per heavy atom. The van der Waals surface area contributed by atoms with E-state index in [0.29, 0.717) is 19.5 Å². The number of nitrogens with zero attached hydrogens (tertiary/aromatic N) is 2. The molecule has 0 bridgehead atoms.